The summed E-state index contributed by atoms with van der Waals surface area (Å²) in [5, 5.41) is 0. The van der Waals surface area contributed by atoms with E-state index in [2.05, 4.69) is 0 Å². The van der Waals surface area contributed by atoms with Crippen LogP contribution in [0.2, 0.25) is 0 Å². The molecule has 0 bridgehead atoms. The van der Waals surface area contributed by atoms with Gasteiger partial charge in [0, 0.05) is 18.4 Å². The quantitative estimate of drug-likeness (QED) is 0.709. The average molecular weight is 183 g/mol. The number of rotatable bonds is 1. The lowest BCUT2D eigenvalue weighted by Gasteiger charge is -2.41. The second kappa shape index (κ2) is 2.77. The topological polar surface area (TPSA) is 26.0 Å². The zero-order chi connectivity index (χ0) is 9.47. The highest BCUT2D eigenvalue weighted by molar-refractivity contribution is 5.27. The summed E-state index contributed by atoms with van der Waals surface area (Å²) in [6.07, 6.45) is -0.105. The first-order chi connectivity index (χ1) is 6.10. The number of nitrogens with two attached hydrogens (primary N) is 1. The lowest BCUT2D eigenvalue weighted by molar-refractivity contribution is 0.0985. The molecule has 70 valence electrons. The van der Waals surface area contributed by atoms with Crippen LogP contribution in [0.25, 0.3) is 0 Å². The number of benzene rings is 1. The summed E-state index contributed by atoms with van der Waals surface area (Å²) < 4.78 is 25.2. The molecule has 0 aliphatic heterocycles. The van der Waals surface area contributed by atoms with E-state index >= 15 is 0 Å². The smallest absolute Gasteiger partial charge is 0.123 e. The summed E-state index contributed by atoms with van der Waals surface area (Å²) >= 11 is 0. The normalized spacial score (nSPS) is 32.7. The van der Waals surface area contributed by atoms with E-state index in [1.54, 1.807) is 12.1 Å². The van der Waals surface area contributed by atoms with Crippen LogP contribution in [0.4, 0.5) is 8.78 Å². The van der Waals surface area contributed by atoms with Gasteiger partial charge in [-0.3, -0.25) is 0 Å². The van der Waals surface area contributed by atoms with E-state index in [9.17, 15) is 8.78 Å². The van der Waals surface area contributed by atoms with Gasteiger partial charge < -0.3 is 5.73 Å². The second-order valence-corrected chi connectivity index (χ2v) is 3.67. The second-order valence-electron chi connectivity index (χ2n) is 3.67. The first-order valence-electron chi connectivity index (χ1n) is 4.29. The van der Waals surface area contributed by atoms with Crippen molar-refractivity contribution in [3.05, 3.63) is 35.6 Å². The predicted octanol–water partition coefficient (Wildman–Crippen LogP) is 2.11. The maximum atomic E-state index is 12.6. The van der Waals surface area contributed by atoms with E-state index < -0.39 is 11.7 Å². The third-order valence-electron chi connectivity index (χ3n) is 2.59. The first kappa shape index (κ1) is 8.63. The summed E-state index contributed by atoms with van der Waals surface area (Å²) in [6.45, 7) is 0. The van der Waals surface area contributed by atoms with Crippen molar-refractivity contribution in [3.8, 4) is 0 Å². The fourth-order valence-corrected chi connectivity index (χ4v) is 1.75. The molecule has 1 aliphatic carbocycles. The van der Waals surface area contributed by atoms with E-state index in [0.717, 1.165) is 5.56 Å². The SMILES string of the molecule is NC1(c2ccc(F)cc2)CC(F)C1. The van der Waals surface area contributed by atoms with Crippen LogP contribution < -0.4 is 5.73 Å². The Bertz CT molecular complexity index is 301. The van der Waals surface area contributed by atoms with E-state index in [-0.39, 0.29) is 5.82 Å². The summed E-state index contributed by atoms with van der Waals surface area (Å²) in [5.41, 5.74) is 6.16. The molecule has 0 atom stereocenters. The van der Waals surface area contributed by atoms with Crippen LogP contribution in [0.3, 0.4) is 0 Å². The lowest BCUT2D eigenvalue weighted by atomic mass is 9.71. The highest BCUT2D eigenvalue weighted by Crippen LogP contribution is 2.40. The molecule has 2 rings (SSSR count). The van der Waals surface area contributed by atoms with Crippen molar-refractivity contribution in [3.63, 3.8) is 0 Å². The first-order valence-corrected chi connectivity index (χ1v) is 4.29. The Labute approximate surface area is 75.6 Å². The minimum atomic E-state index is -0.796. The molecule has 1 aromatic rings. The fraction of sp³-hybridized carbons (Fsp3) is 0.400. The van der Waals surface area contributed by atoms with Crippen molar-refractivity contribution in [1.29, 1.82) is 0 Å². The van der Waals surface area contributed by atoms with Gasteiger partial charge in [-0.1, -0.05) is 12.1 Å². The van der Waals surface area contributed by atoms with Crippen LogP contribution in [-0.2, 0) is 5.54 Å². The van der Waals surface area contributed by atoms with Gasteiger partial charge in [-0.05, 0) is 17.7 Å². The summed E-state index contributed by atoms with van der Waals surface area (Å²) in [7, 11) is 0. The molecular weight excluding hydrogens is 172 g/mol. The predicted molar refractivity (Wildman–Crippen MR) is 46.4 cm³/mol. The summed E-state index contributed by atoms with van der Waals surface area (Å²) in [6, 6.07) is 5.97. The van der Waals surface area contributed by atoms with E-state index in [1.807, 2.05) is 0 Å². The van der Waals surface area contributed by atoms with Crippen molar-refractivity contribution in [1.82, 2.24) is 0 Å². The van der Waals surface area contributed by atoms with Gasteiger partial charge in [-0.25, -0.2) is 8.78 Å². The molecule has 0 heterocycles. The molecule has 3 heteroatoms. The van der Waals surface area contributed by atoms with Crippen molar-refractivity contribution in [2.75, 3.05) is 0 Å². The fourth-order valence-electron chi connectivity index (χ4n) is 1.75. The number of hydrogen-bond acceptors (Lipinski definition) is 1. The van der Waals surface area contributed by atoms with Gasteiger partial charge in [0.15, 0.2) is 0 Å². The largest absolute Gasteiger partial charge is 0.321 e. The van der Waals surface area contributed by atoms with Crippen molar-refractivity contribution < 1.29 is 8.78 Å². The van der Waals surface area contributed by atoms with Crippen LogP contribution in [-0.4, -0.2) is 6.17 Å². The molecular formula is C10H11F2N. The monoisotopic (exact) mass is 183 g/mol. The Morgan fingerprint density at radius 1 is 1.23 bits per heavy atom. The van der Waals surface area contributed by atoms with Gasteiger partial charge in [0.25, 0.3) is 0 Å². The minimum absolute atomic E-state index is 0.288. The molecule has 0 amide bonds. The van der Waals surface area contributed by atoms with Crippen molar-refractivity contribution >= 4 is 0 Å². The third-order valence-corrected chi connectivity index (χ3v) is 2.59. The highest BCUT2D eigenvalue weighted by atomic mass is 19.1. The molecule has 0 saturated heterocycles. The molecule has 2 N–H and O–H groups in total. The molecule has 1 aromatic carbocycles. The van der Waals surface area contributed by atoms with Crippen molar-refractivity contribution in [2.24, 2.45) is 5.73 Å². The van der Waals surface area contributed by atoms with E-state index in [1.165, 1.54) is 12.1 Å². The summed E-state index contributed by atoms with van der Waals surface area (Å²) in [4.78, 5) is 0. The van der Waals surface area contributed by atoms with E-state index in [0.29, 0.717) is 12.8 Å². The van der Waals surface area contributed by atoms with Crippen LogP contribution >= 0.6 is 0 Å². The summed E-state index contributed by atoms with van der Waals surface area (Å²) in [5.74, 6) is -0.288. The van der Waals surface area contributed by atoms with E-state index in [4.69, 9.17) is 5.73 Å². The Kier molecular flexibility index (Phi) is 1.84. The van der Waals surface area contributed by atoms with Gasteiger partial charge in [0.05, 0.1) is 0 Å². The number of halogens is 2. The van der Waals surface area contributed by atoms with Crippen LogP contribution in [0.5, 0.6) is 0 Å². The number of alkyl halides is 1. The Morgan fingerprint density at radius 2 is 1.77 bits per heavy atom. The van der Waals surface area contributed by atoms with Gasteiger partial charge >= 0.3 is 0 Å². The highest BCUT2D eigenvalue weighted by Gasteiger charge is 2.42. The molecule has 13 heavy (non-hydrogen) atoms. The third kappa shape index (κ3) is 1.44. The molecule has 0 spiro atoms. The average Bonchev–Trinajstić information content (AvgIpc) is 2.03. The van der Waals surface area contributed by atoms with Crippen LogP contribution in [0.15, 0.2) is 24.3 Å². The Balaban J connectivity index is 2.22. The molecule has 1 nitrogen and oxygen atoms in total. The van der Waals surface area contributed by atoms with Crippen LogP contribution in [0.1, 0.15) is 18.4 Å². The Hall–Kier alpha value is -0.960. The number of hydrogen-bond donors (Lipinski definition) is 1. The molecule has 1 aliphatic rings. The Morgan fingerprint density at radius 3 is 2.23 bits per heavy atom. The molecule has 0 unspecified atom stereocenters. The van der Waals surface area contributed by atoms with Gasteiger partial charge in [-0.15, -0.1) is 0 Å². The standard InChI is InChI=1S/C10H11F2N/c11-8-3-1-7(2-4-8)10(13)5-9(12)6-10/h1-4,9H,5-6,13H2. The maximum Gasteiger partial charge on any atom is 0.123 e. The molecule has 1 fully saturated rings. The molecule has 0 radical (unpaired) electrons. The zero-order valence-electron chi connectivity index (χ0n) is 7.13. The molecule has 0 aromatic heterocycles. The molecule has 1 saturated carbocycles. The maximum absolute atomic E-state index is 12.6. The van der Waals surface area contributed by atoms with Gasteiger partial charge in [-0.2, -0.15) is 0 Å². The lowest BCUT2D eigenvalue weighted by Crippen LogP contribution is -2.50. The van der Waals surface area contributed by atoms with Crippen LogP contribution in [0, 0.1) is 5.82 Å². The van der Waals surface area contributed by atoms with Gasteiger partial charge in [0.2, 0.25) is 0 Å². The zero-order valence-corrected chi connectivity index (χ0v) is 7.13. The minimum Gasteiger partial charge on any atom is -0.321 e. The van der Waals surface area contributed by atoms with Gasteiger partial charge in [0.1, 0.15) is 12.0 Å². The van der Waals surface area contributed by atoms with Crippen molar-refractivity contribution in [2.45, 2.75) is 24.6 Å².